The largest absolute Gasteiger partial charge is 0.463 e. The maximum absolute atomic E-state index is 5.68. The summed E-state index contributed by atoms with van der Waals surface area (Å²) in [6.07, 6.45) is 0.953. The summed E-state index contributed by atoms with van der Waals surface area (Å²) in [5.74, 6) is 1.19. The second kappa shape index (κ2) is 7.26. The van der Waals surface area contributed by atoms with Crippen molar-refractivity contribution >= 4 is 11.9 Å². The van der Waals surface area contributed by atoms with Gasteiger partial charge in [0, 0.05) is 20.1 Å². The van der Waals surface area contributed by atoms with E-state index in [1.54, 1.807) is 7.05 Å². The van der Waals surface area contributed by atoms with E-state index < -0.39 is 0 Å². The molecule has 0 aliphatic carbocycles. The first-order valence-corrected chi connectivity index (χ1v) is 7.21. The Morgan fingerprint density at radius 2 is 1.75 bits per heavy atom. The lowest BCUT2D eigenvalue weighted by Gasteiger charge is -2.20. The molecule has 1 aromatic rings. The van der Waals surface area contributed by atoms with E-state index in [-0.39, 0.29) is 5.41 Å². The van der Waals surface area contributed by atoms with Crippen molar-refractivity contribution < 1.29 is 4.74 Å². The van der Waals surface area contributed by atoms with Crippen molar-refractivity contribution in [1.82, 2.24) is 15.0 Å². The number of hydrogen-bond acceptors (Lipinski definition) is 6. The standard InChI is InChI=1S/C14H27N5O/c1-7-19(8-2)12-16-11(15-6)17-13(18-12)20-10-9-14(3,4)5/h7-10H2,1-6H3,(H,15,16,17,18). The van der Waals surface area contributed by atoms with Gasteiger partial charge in [-0.1, -0.05) is 20.8 Å². The molecule has 0 saturated heterocycles. The van der Waals surface area contributed by atoms with Gasteiger partial charge in [-0.25, -0.2) is 0 Å². The van der Waals surface area contributed by atoms with Gasteiger partial charge >= 0.3 is 6.01 Å². The molecule has 0 aliphatic rings. The first-order valence-electron chi connectivity index (χ1n) is 7.21. The summed E-state index contributed by atoms with van der Waals surface area (Å²) in [6, 6.07) is 0.385. The van der Waals surface area contributed by atoms with E-state index >= 15 is 0 Å². The first-order chi connectivity index (χ1) is 9.39. The third-order valence-electron chi connectivity index (χ3n) is 2.96. The second-order valence-electron chi connectivity index (χ2n) is 5.82. The fourth-order valence-electron chi connectivity index (χ4n) is 1.62. The molecule has 0 aromatic carbocycles. The van der Waals surface area contributed by atoms with Crippen LogP contribution in [0, 0.1) is 5.41 Å². The Labute approximate surface area is 122 Å². The van der Waals surface area contributed by atoms with Gasteiger partial charge in [0.2, 0.25) is 11.9 Å². The summed E-state index contributed by atoms with van der Waals surface area (Å²) in [7, 11) is 1.79. The maximum Gasteiger partial charge on any atom is 0.323 e. The summed E-state index contributed by atoms with van der Waals surface area (Å²) in [4.78, 5) is 15.1. The van der Waals surface area contributed by atoms with E-state index in [0.29, 0.717) is 24.5 Å². The van der Waals surface area contributed by atoms with E-state index in [9.17, 15) is 0 Å². The van der Waals surface area contributed by atoms with Gasteiger partial charge in [0.25, 0.3) is 0 Å². The molecule has 0 aliphatic heterocycles. The van der Waals surface area contributed by atoms with Crippen molar-refractivity contribution in [3.8, 4) is 6.01 Å². The summed E-state index contributed by atoms with van der Waals surface area (Å²) < 4.78 is 5.68. The van der Waals surface area contributed by atoms with Gasteiger partial charge in [0.15, 0.2) is 0 Å². The zero-order valence-electron chi connectivity index (χ0n) is 13.5. The van der Waals surface area contributed by atoms with Crippen LogP contribution in [-0.2, 0) is 0 Å². The molecule has 6 nitrogen and oxygen atoms in total. The number of nitrogens with one attached hydrogen (secondary N) is 1. The topological polar surface area (TPSA) is 63.2 Å². The second-order valence-corrected chi connectivity index (χ2v) is 5.82. The van der Waals surface area contributed by atoms with Crippen LogP contribution in [0.3, 0.4) is 0 Å². The smallest absolute Gasteiger partial charge is 0.323 e. The predicted octanol–water partition coefficient (Wildman–Crippen LogP) is 2.57. The van der Waals surface area contributed by atoms with Crippen molar-refractivity contribution in [1.29, 1.82) is 0 Å². The normalized spacial score (nSPS) is 11.3. The summed E-state index contributed by atoms with van der Waals surface area (Å²) in [6.45, 7) is 13.0. The fraction of sp³-hybridized carbons (Fsp3) is 0.786. The van der Waals surface area contributed by atoms with Crippen LogP contribution in [-0.4, -0.2) is 41.7 Å². The monoisotopic (exact) mass is 281 g/mol. The third kappa shape index (κ3) is 5.19. The number of aromatic nitrogens is 3. The highest BCUT2D eigenvalue weighted by Crippen LogP contribution is 2.19. The van der Waals surface area contributed by atoms with Crippen LogP contribution in [0.4, 0.5) is 11.9 Å². The van der Waals surface area contributed by atoms with Crippen LogP contribution in [0.25, 0.3) is 0 Å². The molecule has 1 N–H and O–H groups in total. The highest BCUT2D eigenvalue weighted by molar-refractivity contribution is 5.37. The van der Waals surface area contributed by atoms with Gasteiger partial charge in [-0.3, -0.25) is 0 Å². The van der Waals surface area contributed by atoms with Gasteiger partial charge in [-0.05, 0) is 25.7 Å². The van der Waals surface area contributed by atoms with Crippen LogP contribution >= 0.6 is 0 Å². The van der Waals surface area contributed by atoms with Crippen LogP contribution < -0.4 is 15.0 Å². The van der Waals surface area contributed by atoms with Gasteiger partial charge in [-0.2, -0.15) is 15.0 Å². The quantitative estimate of drug-likeness (QED) is 0.828. The highest BCUT2D eigenvalue weighted by atomic mass is 16.5. The Balaban J connectivity index is 2.82. The molecule has 0 atom stereocenters. The van der Waals surface area contributed by atoms with E-state index in [0.717, 1.165) is 19.5 Å². The number of rotatable bonds is 7. The molecule has 0 bridgehead atoms. The molecule has 0 fully saturated rings. The van der Waals surface area contributed by atoms with Crippen LogP contribution in [0.2, 0.25) is 0 Å². The van der Waals surface area contributed by atoms with Crippen molar-refractivity contribution in [2.24, 2.45) is 5.41 Å². The number of anilines is 2. The molecule has 6 heteroatoms. The molecule has 0 spiro atoms. The summed E-state index contributed by atoms with van der Waals surface area (Å²) >= 11 is 0. The van der Waals surface area contributed by atoms with Gasteiger partial charge < -0.3 is 15.0 Å². The van der Waals surface area contributed by atoms with Gasteiger partial charge in [0.1, 0.15) is 0 Å². The lowest BCUT2D eigenvalue weighted by atomic mass is 9.93. The molecular formula is C14H27N5O. The van der Waals surface area contributed by atoms with Gasteiger partial charge in [-0.15, -0.1) is 0 Å². The van der Waals surface area contributed by atoms with E-state index in [1.165, 1.54) is 0 Å². The lowest BCUT2D eigenvalue weighted by Crippen LogP contribution is -2.25. The molecule has 1 aromatic heterocycles. The minimum absolute atomic E-state index is 0.237. The molecule has 0 saturated carbocycles. The Bertz CT molecular complexity index is 413. The zero-order valence-corrected chi connectivity index (χ0v) is 13.5. The Morgan fingerprint density at radius 3 is 2.25 bits per heavy atom. The molecule has 1 heterocycles. The van der Waals surface area contributed by atoms with E-state index in [4.69, 9.17) is 4.74 Å². The molecule has 114 valence electrons. The molecular weight excluding hydrogens is 254 g/mol. The van der Waals surface area contributed by atoms with Crippen molar-refractivity contribution in [2.75, 3.05) is 37.0 Å². The van der Waals surface area contributed by atoms with Crippen LogP contribution in [0.15, 0.2) is 0 Å². The molecule has 0 amide bonds. The number of nitrogens with zero attached hydrogens (tertiary/aromatic N) is 4. The van der Waals surface area contributed by atoms with Gasteiger partial charge in [0.05, 0.1) is 6.61 Å². The minimum atomic E-state index is 0.237. The number of ether oxygens (including phenoxy) is 1. The summed E-state index contributed by atoms with van der Waals surface area (Å²) in [5, 5.41) is 2.95. The van der Waals surface area contributed by atoms with E-state index in [1.807, 2.05) is 0 Å². The maximum atomic E-state index is 5.68. The molecule has 0 unspecified atom stereocenters. The first kappa shape index (κ1) is 16.5. The fourth-order valence-corrected chi connectivity index (χ4v) is 1.62. The van der Waals surface area contributed by atoms with Crippen molar-refractivity contribution in [3.05, 3.63) is 0 Å². The Kier molecular flexibility index (Phi) is 5.98. The van der Waals surface area contributed by atoms with Crippen molar-refractivity contribution in [3.63, 3.8) is 0 Å². The van der Waals surface area contributed by atoms with Crippen LogP contribution in [0.5, 0.6) is 6.01 Å². The minimum Gasteiger partial charge on any atom is -0.463 e. The SMILES string of the molecule is CCN(CC)c1nc(NC)nc(OCCC(C)(C)C)n1. The third-order valence-corrected chi connectivity index (χ3v) is 2.96. The lowest BCUT2D eigenvalue weighted by molar-refractivity contribution is 0.229. The summed E-state index contributed by atoms with van der Waals surface area (Å²) in [5.41, 5.74) is 0.237. The Hall–Kier alpha value is -1.59. The Morgan fingerprint density at radius 1 is 1.10 bits per heavy atom. The van der Waals surface area contributed by atoms with Crippen LogP contribution in [0.1, 0.15) is 41.0 Å². The molecule has 0 radical (unpaired) electrons. The van der Waals surface area contributed by atoms with E-state index in [2.05, 4.69) is 59.8 Å². The molecule has 20 heavy (non-hydrogen) atoms. The average Bonchev–Trinajstić information content (AvgIpc) is 2.38. The zero-order chi connectivity index (χ0) is 15.2. The number of hydrogen-bond donors (Lipinski definition) is 1. The average molecular weight is 281 g/mol. The van der Waals surface area contributed by atoms with Crippen molar-refractivity contribution in [2.45, 2.75) is 41.0 Å². The predicted molar refractivity (Wildman–Crippen MR) is 82.5 cm³/mol. The molecule has 1 rings (SSSR count). The highest BCUT2D eigenvalue weighted by Gasteiger charge is 2.13.